The van der Waals surface area contributed by atoms with Crippen LogP contribution in [0.4, 0.5) is 10.1 Å². The van der Waals surface area contributed by atoms with Crippen LogP contribution in [0.5, 0.6) is 0 Å². The van der Waals surface area contributed by atoms with Crippen molar-refractivity contribution in [2.24, 2.45) is 0 Å². The van der Waals surface area contributed by atoms with Gasteiger partial charge in [0, 0.05) is 10.7 Å². The van der Waals surface area contributed by atoms with Gasteiger partial charge in [-0.15, -0.1) is 0 Å². The number of anilines is 1. The number of halogens is 2. The van der Waals surface area contributed by atoms with Crippen LogP contribution in [0.2, 0.25) is 5.02 Å². The Kier molecular flexibility index (Phi) is 3.43. The molecule has 0 aliphatic rings. The first-order valence-electron chi connectivity index (χ1n) is 3.74. The maximum atomic E-state index is 12.8. The molecule has 72 valence electrons. The Morgan fingerprint density at radius 2 is 2.29 bits per heavy atom. The van der Waals surface area contributed by atoms with Crippen LogP contribution in [0.1, 0.15) is 6.42 Å². The predicted molar refractivity (Wildman–Crippen MR) is 50.3 cm³/mol. The molecule has 0 aliphatic heterocycles. The number of nitrogens with zero attached hydrogens (tertiary/aromatic N) is 1. The van der Waals surface area contributed by atoms with Crippen molar-refractivity contribution in [1.29, 1.82) is 5.26 Å². The number of nitriles is 1. The van der Waals surface area contributed by atoms with Gasteiger partial charge in [-0.25, -0.2) is 4.39 Å². The van der Waals surface area contributed by atoms with E-state index < -0.39 is 11.7 Å². The molecule has 3 nitrogen and oxygen atoms in total. The maximum absolute atomic E-state index is 12.8. The summed E-state index contributed by atoms with van der Waals surface area (Å²) in [5, 5.41) is 10.7. The van der Waals surface area contributed by atoms with E-state index in [9.17, 15) is 9.18 Å². The van der Waals surface area contributed by atoms with Crippen molar-refractivity contribution < 1.29 is 9.18 Å². The van der Waals surface area contributed by atoms with Gasteiger partial charge >= 0.3 is 0 Å². The summed E-state index contributed by atoms with van der Waals surface area (Å²) in [7, 11) is 0. The Balaban J connectivity index is 2.77. The van der Waals surface area contributed by atoms with Gasteiger partial charge in [-0.1, -0.05) is 11.6 Å². The second-order valence-corrected chi connectivity index (χ2v) is 2.98. The summed E-state index contributed by atoms with van der Waals surface area (Å²) in [5.41, 5.74) is 0.246. The maximum Gasteiger partial charge on any atom is 0.238 e. The molecule has 0 bridgehead atoms. The number of rotatable bonds is 2. The Bertz CT molecular complexity index is 380. The molecule has 0 aromatic heterocycles. The van der Waals surface area contributed by atoms with Crippen LogP contribution in [0, 0.1) is 17.1 Å². The number of carbonyl (C=O) groups is 1. The van der Waals surface area contributed by atoms with Gasteiger partial charge in [0.15, 0.2) is 0 Å². The van der Waals surface area contributed by atoms with Crippen LogP contribution in [0.25, 0.3) is 0 Å². The zero-order valence-electron chi connectivity index (χ0n) is 7.05. The number of benzene rings is 1. The van der Waals surface area contributed by atoms with Crippen LogP contribution < -0.4 is 5.32 Å². The lowest BCUT2D eigenvalue weighted by Gasteiger charge is -2.02. The summed E-state index contributed by atoms with van der Waals surface area (Å²) in [5.74, 6) is -1.03. The third-order valence-corrected chi connectivity index (χ3v) is 1.60. The van der Waals surface area contributed by atoms with E-state index in [4.69, 9.17) is 16.9 Å². The number of hydrogen-bond donors (Lipinski definition) is 1. The van der Waals surface area contributed by atoms with E-state index in [0.29, 0.717) is 0 Å². The number of carbonyl (C=O) groups excluding carboxylic acids is 1. The Labute approximate surface area is 85.1 Å². The Morgan fingerprint density at radius 3 is 2.86 bits per heavy atom. The average Bonchev–Trinajstić information content (AvgIpc) is 2.01. The van der Waals surface area contributed by atoms with Crippen LogP contribution in [0.15, 0.2) is 18.2 Å². The highest BCUT2D eigenvalue weighted by molar-refractivity contribution is 6.30. The minimum atomic E-state index is -0.537. The van der Waals surface area contributed by atoms with Crippen LogP contribution in [-0.2, 0) is 4.79 Å². The molecule has 1 amide bonds. The molecule has 14 heavy (non-hydrogen) atoms. The molecule has 0 atom stereocenters. The molecule has 0 unspecified atom stereocenters. The van der Waals surface area contributed by atoms with Crippen LogP contribution >= 0.6 is 11.6 Å². The summed E-state index contributed by atoms with van der Waals surface area (Å²) in [6.07, 6.45) is -0.270. The second kappa shape index (κ2) is 4.58. The zero-order valence-corrected chi connectivity index (χ0v) is 7.81. The fraction of sp³-hybridized carbons (Fsp3) is 0.111. The highest BCUT2D eigenvalue weighted by Crippen LogP contribution is 2.17. The molecule has 1 aromatic rings. The number of amides is 1. The molecule has 1 rings (SSSR count). The molecule has 1 aromatic carbocycles. The van der Waals surface area contributed by atoms with E-state index in [-0.39, 0.29) is 17.1 Å². The number of hydrogen-bond acceptors (Lipinski definition) is 2. The van der Waals surface area contributed by atoms with Crippen LogP contribution in [0.3, 0.4) is 0 Å². The van der Waals surface area contributed by atoms with Crippen molar-refractivity contribution in [2.45, 2.75) is 6.42 Å². The van der Waals surface area contributed by atoms with E-state index in [0.717, 1.165) is 12.1 Å². The van der Waals surface area contributed by atoms with Crippen molar-refractivity contribution in [2.75, 3.05) is 5.32 Å². The lowest BCUT2D eigenvalue weighted by molar-refractivity contribution is -0.115. The summed E-state index contributed by atoms with van der Waals surface area (Å²) in [6.45, 7) is 0. The summed E-state index contributed by atoms with van der Waals surface area (Å²) in [6, 6.07) is 5.33. The van der Waals surface area contributed by atoms with Crippen molar-refractivity contribution >= 4 is 23.2 Å². The minimum Gasteiger partial charge on any atom is -0.325 e. The quantitative estimate of drug-likeness (QED) is 0.818. The van der Waals surface area contributed by atoms with Crippen LogP contribution in [-0.4, -0.2) is 5.91 Å². The van der Waals surface area contributed by atoms with Crippen molar-refractivity contribution in [3.8, 4) is 6.07 Å². The molecule has 0 heterocycles. The van der Waals surface area contributed by atoms with Crippen molar-refractivity contribution in [3.63, 3.8) is 0 Å². The van der Waals surface area contributed by atoms with Crippen molar-refractivity contribution in [3.05, 3.63) is 29.0 Å². The molecule has 0 fully saturated rings. The van der Waals surface area contributed by atoms with Gasteiger partial charge in [-0.05, 0) is 18.2 Å². The lowest BCUT2D eigenvalue weighted by Crippen LogP contribution is -2.10. The Morgan fingerprint density at radius 1 is 1.57 bits per heavy atom. The fourth-order valence-electron chi connectivity index (χ4n) is 0.903. The highest BCUT2D eigenvalue weighted by Gasteiger charge is 2.03. The van der Waals surface area contributed by atoms with Gasteiger partial charge in [0.05, 0.1) is 6.07 Å². The van der Waals surface area contributed by atoms with E-state index in [1.54, 1.807) is 6.07 Å². The fourth-order valence-corrected chi connectivity index (χ4v) is 1.12. The molecular weight excluding hydrogens is 207 g/mol. The van der Waals surface area contributed by atoms with Crippen molar-refractivity contribution in [1.82, 2.24) is 0 Å². The largest absolute Gasteiger partial charge is 0.325 e. The molecule has 1 N–H and O–H groups in total. The topological polar surface area (TPSA) is 52.9 Å². The number of nitrogens with one attached hydrogen (secondary N) is 1. The Hall–Kier alpha value is -1.60. The highest BCUT2D eigenvalue weighted by atomic mass is 35.5. The second-order valence-electron chi connectivity index (χ2n) is 2.54. The van der Waals surface area contributed by atoms with E-state index in [1.807, 2.05) is 0 Å². The third kappa shape index (κ3) is 3.04. The van der Waals surface area contributed by atoms with Gasteiger partial charge in [-0.3, -0.25) is 4.79 Å². The molecule has 0 saturated carbocycles. The molecular formula is C9H6ClFN2O. The molecule has 0 saturated heterocycles. The van der Waals surface area contributed by atoms with Gasteiger partial charge in [-0.2, -0.15) is 5.26 Å². The summed E-state index contributed by atoms with van der Waals surface area (Å²) < 4.78 is 12.8. The minimum absolute atomic E-state index is 0.192. The standard InChI is InChI=1S/C9H6ClFN2O/c10-6-3-7(11)5-8(4-6)13-9(14)1-2-12/h3-5H,1H2,(H,13,14). The normalized spacial score (nSPS) is 9.21. The predicted octanol–water partition coefficient (Wildman–Crippen LogP) is 2.33. The monoisotopic (exact) mass is 212 g/mol. The smallest absolute Gasteiger partial charge is 0.238 e. The SMILES string of the molecule is N#CCC(=O)Nc1cc(F)cc(Cl)c1. The van der Waals surface area contributed by atoms with Gasteiger partial charge in [0.25, 0.3) is 0 Å². The average molecular weight is 213 g/mol. The lowest BCUT2D eigenvalue weighted by atomic mass is 10.3. The van der Waals surface area contributed by atoms with E-state index in [2.05, 4.69) is 5.32 Å². The third-order valence-electron chi connectivity index (χ3n) is 1.39. The molecule has 5 heteroatoms. The van der Waals surface area contributed by atoms with Gasteiger partial charge in [0.1, 0.15) is 12.2 Å². The molecule has 0 aliphatic carbocycles. The molecule has 0 radical (unpaired) electrons. The zero-order chi connectivity index (χ0) is 10.6. The van der Waals surface area contributed by atoms with Gasteiger partial charge < -0.3 is 5.32 Å². The molecule has 0 spiro atoms. The summed E-state index contributed by atoms with van der Waals surface area (Å²) in [4.78, 5) is 10.9. The summed E-state index contributed by atoms with van der Waals surface area (Å²) >= 11 is 5.55. The first kappa shape index (κ1) is 10.5. The first-order valence-corrected chi connectivity index (χ1v) is 4.12. The van der Waals surface area contributed by atoms with E-state index in [1.165, 1.54) is 6.07 Å². The first-order chi connectivity index (χ1) is 6.61. The van der Waals surface area contributed by atoms with Gasteiger partial charge in [0.2, 0.25) is 5.91 Å². The van der Waals surface area contributed by atoms with E-state index >= 15 is 0 Å².